The average molecular weight is 510 g/mol. The molecule has 4 rings (SSSR count). The highest BCUT2D eigenvalue weighted by Gasteiger charge is 2.12. The van der Waals surface area contributed by atoms with Gasteiger partial charge in [0.25, 0.3) is 0 Å². The van der Waals surface area contributed by atoms with Crippen molar-refractivity contribution < 1.29 is 9.47 Å². The lowest BCUT2D eigenvalue weighted by atomic mass is 10.0. The number of hydrogen-bond acceptors (Lipinski definition) is 9. The minimum absolute atomic E-state index is 0.381. The molecule has 0 radical (unpaired) electrons. The van der Waals surface area contributed by atoms with E-state index < -0.39 is 0 Å². The van der Waals surface area contributed by atoms with Gasteiger partial charge >= 0.3 is 0 Å². The van der Waals surface area contributed by atoms with Crippen molar-refractivity contribution >= 4 is 29.2 Å². The largest absolute Gasteiger partial charge is 0.477 e. The molecule has 1 aromatic heterocycles. The molecule has 1 aliphatic rings. The lowest BCUT2D eigenvalue weighted by Gasteiger charge is -2.26. The zero-order valence-electron chi connectivity index (χ0n) is 21.7. The molecule has 194 valence electrons. The molecule has 38 heavy (non-hydrogen) atoms. The van der Waals surface area contributed by atoms with Crippen LogP contribution in [0.2, 0.25) is 0 Å². The topological polar surface area (TPSA) is 119 Å². The highest BCUT2D eigenvalue weighted by Crippen LogP contribution is 2.28. The second-order valence-electron chi connectivity index (χ2n) is 9.00. The van der Waals surface area contributed by atoms with E-state index in [0.29, 0.717) is 29.8 Å². The van der Waals surface area contributed by atoms with Crippen LogP contribution in [0.5, 0.6) is 5.88 Å². The number of aryl methyl sites for hydroxylation is 2. The van der Waals surface area contributed by atoms with Gasteiger partial charge in [0, 0.05) is 43.2 Å². The summed E-state index contributed by atoms with van der Waals surface area (Å²) in [6.07, 6.45) is 4.13. The Balaban J connectivity index is 1.53. The van der Waals surface area contributed by atoms with Gasteiger partial charge < -0.3 is 20.1 Å². The third-order valence-electron chi connectivity index (χ3n) is 6.10. The third kappa shape index (κ3) is 7.53. The molecule has 0 atom stereocenters. The highest BCUT2D eigenvalue weighted by atomic mass is 16.5. The molecule has 1 fully saturated rings. The molecule has 3 aromatic rings. The van der Waals surface area contributed by atoms with Gasteiger partial charge in [-0.25, -0.2) is 0 Å². The fourth-order valence-electron chi connectivity index (χ4n) is 4.22. The van der Waals surface area contributed by atoms with E-state index in [2.05, 4.69) is 31.6 Å². The third-order valence-corrected chi connectivity index (χ3v) is 6.10. The highest BCUT2D eigenvalue weighted by molar-refractivity contribution is 5.70. The number of hydrogen-bond donors (Lipinski definition) is 2. The van der Waals surface area contributed by atoms with Gasteiger partial charge in [0.05, 0.1) is 37.5 Å². The number of nitriles is 2. The maximum absolute atomic E-state index is 9.07. The zero-order valence-corrected chi connectivity index (χ0v) is 21.7. The summed E-state index contributed by atoms with van der Waals surface area (Å²) in [5.74, 6) is 1.43. The van der Waals surface area contributed by atoms with Gasteiger partial charge in [0.15, 0.2) is 0 Å². The monoisotopic (exact) mass is 509 g/mol. The quantitative estimate of drug-likeness (QED) is 0.284. The second kappa shape index (κ2) is 13.2. The van der Waals surface area contributed by atoms with Crippen molar-refractivity contribution in [3.8, 4) is 18.0 Å². The summed E-state index contributed by atoms with van der Waals surface area (Å²) in [6.45, 7) is 8.95. The summed E-state index contributed by atoms with van der Waals surface area (Å²) < 4.78 is 11.5. The molecule has 2 heterocycles. The number of nitrogens with zero attached hydrogens (tertiary/aromatic N) is 5. The van der Waals surface area contributed by atoms with Crippen LogP contribution in [0.25, 0.3) is 6.08 Å². The minimum atomic E-state index is 0.381. The van der Waals surface area contributed by atoms with E-state index in [1.165, 1.54) is 6.08 Å². The van der Waals surface area contributed by atoms with Crippen LogP contribution in [-0.4, -0.2) is 54.3 Å². The summed E-state index contributed by atoms with van der Waals surface area (Å²) in [4.78, 5) is 11.6. The van der Waals surface area contributed by atoms with Gasteiger partial charge in [-0.2, -0.15) is 20.5 Å². The number of benzene rings is 2. The Morgan fingerprint density at radius 3 is 2.45 bits per heavy atom. The lowest BCUT2D eigenvalue weighted by molar-refractivity contribution is 0.0357. The summed E-state index contributed by atoms with van der Waals surface area (Å²) in [5, 5.41) is 24.6. The van der Waals surface area contributed by atoms with Crippen molar-refractivity contribution in [3.63, 3.8) is 0 Å². The Hall–Kier alpha value is -4.44. The van der Waals surface area contributed by atoms with E-state index in [0.717, 1.165) is 67.3 Å². The Morgan fingerprint density at radius 2 is 1.76 bits per heavy atom. The van der Waals surface area contributed by atoms with Crippen molar-refractivity contribution in [2.45, 2.75) is 20.3 Å². The van der Waals surface area contributed by atoms with Crippen LogP contribution in [0.15, 0.2) is 48.5 Å². The number of ether oxygens (including phenoxy) is 2. The number of anilines is 4. The SMILES string of the molecule is Cc1cc(C=CC#N)cc(C)c1Nc1cc(OCCCN2CCOCC2)nc(Nc2ccc(C#N)cc2)n1. The predicted molar refractivity (Wildman–Crippen MR) is 148 cm³/mol. The molecule has 0 unspecified atom stereocenters. The first-order valence-corrected chi connectivity index (χ1v) is 12.6. The number of nitrogens with one attached hydrogen (secondary N) is 2. The molecule has 0 saturated carbocycles. The molecule has 0 bridgehead atoms. The van der Waals surface area contributed by atoms with Crippen molar-refractivity contribution in [2.24, 2.45) is 0 Å². The maximum Gasteiger partial charge on any atom is 0.232 e. The Kier molecular flexibility index (Phi) is 9.25. The van der Waals surface area contributed by atoms with Crippen molar-refractivity contribution in [3.05, 3.63) is 70.8 Å². The molecule has 1 aliphatic heterocycles. The molecule has 0 spiro atoms. The molecule has 2 aromatic carbocycles. The smallest absolute Gasteiger partial charge is 0.232 e. The molecule has 0 aliphatic carbocycles. The van der Waals surface area contributed by atoms with Crippen LogP contribution >= 0.6 is 0 Å². The van der Waals surface area contributed by atoms with Gasteiger partial charge in [0.1, 0.15) is 5.82 Å². The summed E-state index contributed by atoms with van der Waals surface area (Å²) in [7, 11) is 0. The fraction of sp³-hybridized carbons (Fsp3) is 0.310. The number of aromatic nitrogens is 2. The molecule has 1 saturated heterocycles. The fourth-order valence-corrected chi connectivity index (χ4v) is 4.22. The van der Waals surface area contributed by atoms with Crippen LogP contribution in [0.4, 0.5) is 23.1 Å². The molecule has 9 nitrogen and oxygen atoms in total. The molecule has 0 amide bonds. The normalized spacial score (nSPS) is 13.6. The van der Waals surface area contributed by atoms with E-state index in [-0.39, 0.29) is 0 Å². The van der Waals surface area contributed by atoms with E-state index >= 15 is 0 Å². The average Bonchev–Trinajstić information content (AvgIpc) is 2.93. The van der Waals surface area contributed by atoms with Crippen LogP contribution < -0.4 is 15.4 Å². The molecule has 2 N–H and O–H groups in total. The first-order valence-electron chi connectivity index (χ1n) is 12.6. The maximum atomic E-state index is 9.07. The van der Waals surface area contributed by atoms with E-state index in [1.54, 1.807) is 24.3 Å². The molecular weight excluding hydrogens is 478 g/mol. The van der Waals surface area contributed by atoms with E-state index in [9.17, 15) is 0 Å². The zero-order chi connectivity index (χ0) is 26.7. The van der Waals surface area contributed by atoms with Gasteiger partial charge in [-0.15, -0.1) is 0 Å². The van der Waals surface area contributed by atoms with Crippen molar-refractivity contribution in [1.29, 1.82) is 10.5 Å². The first-order chi connectivity index (χ1) is 18.5. The van der Waals surface area contributed by atoms with Crippen LogP contribution in [0, 0.1) is 36.5 Å². The first kappa shape index (κ1) is 26.6. The van der Waals surface area contributed by atoms with E-state index in [1.807, 2.05) is 44.2 Å². The molecular formula is C29H31N7O2. The van der Waals surface area contributed by atoms with Gasteiger partial charge in [0.2, 0.25) is 11.8 Å². The Labute approximate surface area is 223 Å². The Bertz CT molecular complexity index is 1330. The standard InChI is InChI=1S/C29H31N7O2/c1-21-17-24(5-3-10-30)18-22(2)28(21)33-26-19-27(38-14-4-11-36-12-15-37-16-13-36)35-29(34-26)32-25-8-6-23(20-31)7-9-25/h3,5-9,17-19H,4,11-16H2,1-2H3,(H2,32,33,34,35). The minimum Gasteiger partial charge on any atom is -0.477 e. The summed E-state index contributed by atoms with van der Waals surface area (Å²) in [6, 6.07) is 17.1. The van der Waals surface area contributed by atoms with E-state index in [4.69, 9.17) is 20.0 Å². The van der Waals surface area contributed by atoms with Gasteiger partial charge in [-0.1, -0.05) is 0 Å². The van der Waals surface area contributed by atoms with Crippen LogP contribution in [-0.2, 0) is 4.74 Å². The number of rotatable bonds is 10. The molecule has 9 heteroatoms. The number of allylic oxidation sites excluding steroid dienone is 1. The van der Waals surface area contributed by atoms with Crippen molar-refractivity contribution in [2.75, 3.05) is 50.1 Å². The Morgan fingerprint density at radius 1 is 1.03 bits per heavy atom. The summed E-state index contributed by atoms with van der Waals surface area (Å²) in [5.41, 5.74) is 5.28. The number of morpholine rings is 1. The lowest BCUT2D eigenvalue weighted by Crippen LogP contribution is -2.37. The van der Waals surface area contributed by atoms with Crippen LogP contribution in [0.3, 0.4) is 0 Å². The second-order valence-corrected chi connectivity index (χ2v) is 9.00. The van der Waals surface area contributed by atoms with Gasteiger partial charge in [-0.05, 0) is 79.4 Å². The predicted octanol–water partition coefficient (Wildman–Crippen LogP) is 5.09. The van der Waals surface area contributed by atoms with Crippen LogP contribution in [0.1, 0.15) is 28.7 Å². The summed E-state index contributed by atoms with van der Waals surface area (Å²) >= 11 is 0. The van der Waals surface area contributed by atoms with Crippen molar-refractivity contribution in [1.82, 2.24) is 14.9 Å². The van der Waals surface area contributed by atoms with Gasteiger partial charge in [-0.3, -0.25) is 4.90 Å².